The Hall–Kier alpha value is -3.27. The van der Waals surface area contributed by atoms with Crippen LogP contribution in [0.15, 0.2) is 53.6 Å². The number of hydrogen-bond acceptors (Lipinski definition) is 5. The maximum Gasteiger partial charge on any atom is 0.417 e. The zero-order chi connectivity index (χ0) is 20.1. The predicted octanol–water partition coefficient (Wildman–Crippen LogP) is 3.16. The van der Waals surface area contributed by atoms with Crippen molar-refractivity contribution in [2.24, 2.45) is 5.10 Å². The maximum atomic E-state index is 13.1. The van der Waals surface area contributed by atoms with Gasteiger partial charge in [0.1, 0.15) is 6.54 Å². The lowest BCUT2D eigenvalue weighted by atomic mass is 10.1. The summed E-state index contributed by atoms with van der Waals surface area (Å²) in [6.45, 7) is -0.374. The fraction of sp³-hybridized carbons (Fsp3) is 0.118. The average molecular weight is 409 g/mol. The molecule has 1 amide bonds. The number of carbonyl (C=O) groups excluding carboxylic acids is 1. The molecule has 11 heteroatoms. The van der Waals surface area contributed by atoms with E-state index in [2.05, 4.69) is 25.9 Å². The van der Waals surface area contributed by atoms with Crippen molar-refractivity contribution < 1.29 is 18.0 Å². The van der Waals surface area contributed by atoms with Crippen LogP contribution in [-0.2, 0) is 17.5 Å². The lowest BCUT2D eigenvalue weighted by Crippen LogP contribution is -2.24. The maximum absolute atomic E-state index is 13.1. The molecule has 3 rings (SSSR count). The standard InChI is InChI=1S/C17H12ClF3N6O/c18-14-8-4-1-5-11(14)9-22-23-15(28)10-27-25-16(24-26-27)12-6-2-3-7-13(12)17(19,20)21/h1-9H,10H2,(H,23,28). The molecule has 0 atom stereocenters. The van der Waals surface area contributed by atoms with Crippen LogP contribution in [0.5, 0.6) is 0 Å². The number of alkyl halides is 3. The Morgan fingerprint density at radius 3 is 2.64 bits per heavy atom. The zero-order valence-electron chi connectivity index (χ0n) is 14.1. The van der Waals surface area contributed by atoms with E-state index in [0.29, 0.717) is 10.6 Å². The first-order valence-corrected chi connectivity index (χ1v) is 8.23. The van der Waals surface area contributed by atoms with Crippen molar-refractivity contribution in [3.8, 4) is 11.4 Å². The first-order chi connectivity index (χ1) is 13.3. The van der Waals surface area contributed by atoms with Gasteiger partial charge in [0, 0.05) is 16.1 Å². The molecule has 1 N–H and O–H groups in total. The highest BCUT2D eigenvalue weighted by molar-refractivity contribution is 6.33. The fourth-order valence-corrected chi connectivity index (χ4v) is 2.45. The van der Waals surface area contributed by atoms with Gasteiger partial charge in [0.25, 0.3) is 5.91 Å². The Kier molecular flexibility index (Phi) is 5.69. The third-order valence-corrected chi connectivity index (χ3v) is 3.85. The van der Waals surface area contributed by atoms with E-state index in [0.717, 1.165) is 10.9 Å². The molecule has 0 bridgehead atoms. The predicted molar refractivity (Wildman–Crippen MR) is 95.4 cm³/mol. The molecule has 0 radical (unpaired) electrons. The SMILES string of the molecule is O=C(Cn1nnc(-c2ccccc2C(F)(F)F)n1)NN=Cc1ccccc1Cl. The number of hydrogen-bond donors (Lipinski definition) is 1. The van der Waals surface area contributed by atoms with Gasteiger partial charge in [0.15, 0.2) is 0 Å². The minimum Gasteiger partial charge on any atom is -0.271 e. The molecule has 1 heterocycles. The molecular weight excluding hydrogens is 397 g/mol. The smallest absolute Gasteiger partial charge is 0.271 e. The van der Waals surface area contributed by atoms with Crippen LogP contribution in [0, 0.1) is 0 Å². The van der Waals surface area contributed by atoms with Gasteiger partial charge >= 0.3 is 6.18 Å². The molecule has 7 nitrogen and oxygen atoms in total. The van der Waals surface area contributed by atoms with E-state index in [1.54, 1.807) is 24.3 Å². The summed E-state index contributed by atoms with van der Waals surface area (Å²) in [5.41, 5.74) is 1.75. The monoisotopic (exact) mass is 408 g/mol. The summed E-state index contributed by atoms with van der Waals surface area (Å²) in [7, 11) is 0. The summed E-state index contributed by atoms with van der Waals surface area (Å²) in [5, 5.41) is 15.3. The molecule has 0 fully saturated rings. The van der Waals surface area contributed by atoms with Crippen molar-refractivity contribution in [1.29, 1.82) is 0 Å². The molecule has 0 unspecified atom stereocenters. The highest BCUT2D eigenvalue weighted by Crippen LogP contribution is 2.35. The molecule has 0 aliphatic carbocycles. The van der Waals surface area contributed by atoms with Gasteiger partial charge in [-0.15, -0.1) is 10.2 Å². The normalized spacial score (nSPS) is 11.7. The van der Waals surface area contributed by atoms with Crippen LogP contribution < -0.4 is 5.43 Å². The number of hydrazone groups is 1. The van der Waals surface area contributed by atoms with Crippen molar-refractivity contribution in [3.63, 3.8) is 0 Å². The lowest BCUT2D eigenvalue weighted by molar-refractivity contribution is -0.137. The van der Waals surface area contributed by atoms with Gasteiger partial charge in [-0.3, -0.25) is 4.79 Å². The van der Waals surface area contributed by atoms with E-state index < -0.39 is 17.6 Å². The largest absolute Gasteiger partial charge is 0.417 e. The van der Waals surface area contributed by atoms with Gasteiger partial charge in [0.2, 0.25) is 5.82 Å². The van der Waals surface area contributed by atoms with Gasteiger partial charge in [-0.05, 0) is 17.3 Å². The minimum absolute atomic E-state index is 0.224. The van der Waals surface area contributed by atoms with Crippen LogP contribution in [0.2, 0.25) is 5.02 Å². The molecule has 144 valence electrons. The van der Waals surface area contributed by atoms with E-state index in [-0.39, 0.29) is 17.9 Å². The summed E-state index contributed by atoms with van der Waals surface area (Å²) in [6, 6.07) is 11.7. The third kappa shape index (κ3) is 4.71. The zero-order valence-corrected chi connectivity index (χ0v) is 14.8. The van der Waals surface area contributed by atoms with Gasteiger partial charge in [0.05, 0.1) is 11.8 Å². The molecule has 0 spiro atoms. The van der Waals surface area contributed by atoms with E-state index in [1.807, 2.05) is 0 Å². The molecular formula is C17H12ClF3N6O. The summed E-state index contributed by atoms with van der Waals surface area (Å²) in [5.74, 6) is -0.823. The summed E-state index contributed by atoms with van der Waals surface area (Å²) < 4.78 is 39.3. The first kappa shape index (κ1) is 19.5. The Labute approximate surface area is 161 Å². The summed E-state index contributed by atoms with van der Waals surface area (Å²) in [6.07, 6.45) is -3.20. The van der Waals surface area contributed by atoms with Crippen LogP contribution in [0.4, 0.5) is 13.2 Å². The van der Waals surface area contributed by atoms with Crippen LogP contribution in [0.1, 0.15) is 11.1 Å². The van der Waals surface area contributed by atoms with Gasteiger partial charge in [-0.2, -0.15) is 23.1 Å². The summed E-state index contributed by atoms with van der Waals surface area (Å²) in [4.78, 5) is 12.8. The molecule has 28 heavy (non-hydrogen) atoms. The van der Waals surface area contributed by atoms with E-state index in [9.17, 15) is 18.0 Å². The number of rotatable bonds is 5. The van der Waals surface area contributed by atoms with Crippen LogP contribution in [0.25, 0.3) is 11.4 Å². The summed E-state index contributed by atoms with van der Waals surface area (Å²) >= 11 is 5.96. The highest BCUT2D eigenvalue weighted by Gasteiger charge is 2.34. The van der Waals surface area contributed by atoms with Crippen LogP contribution in [0.3, 0.4) is 0 Å². The van der Waals surface area contributed by atoms with Crippen molar-refractivity contribution in [2.75, 3.05) is 0 Å². The lowest BCUT2D eigenvalue weighted by Gasteiger charge is -2.09. The third-order valence-electron chi connectivity index (χ3n) is 3.51. The second-order valence-corrected chi connectivity index (χ2v) is 5.91. The minimum atomic E-state index is -4.56. The van der Waals surface area contributed by atoms with Crippen molar-refractivity contribution in [1.82, 2.24) is 25.6 Å². The number of nitrogens with zero attached hydrogens (tertiary/aromatic N) is 5. The number of benzene rings is 2. The van der Waals surface area contributed by atoms with E-state index in [4.69, 9.17) is 11.6 Å². The number of carbonyl (C=O) groups is 1. The number of tetrazole rings is 1. The van der Waals surface area contributed by atoms with Gasteiger partial charge < -0.3 is 0 Å². The number of aromatic nitrogens is 4. The molecule has 2 aromatic carbocycles. The molecule has 1 aromatic heterocycles. The highest BCUT2D eigenvalue weighted by atomic mass is 35.5. The number of nitrogens with one attached hydrogen (secondary N) is 1. The Balaban J connectivity index is 1.67. The molecule has 0 saturated heterocycles. The van der Waals surface area contributed by atoms with Gasteiger partial charge in [-0.25, -0.2) is 5.43 Å². The molecule has 0 aliphatic heterocycles. The Morgan fingerprint density at radius 2 is 1.89 bits per heavy atom. The van der Waals surface area contributed by atoms with Crippen molar-refractivity contribution in [2.45, 2.75) is 12.7 Å². The first-order valence-electron chi connectivity index (χ1n) is 7.85. The second kappa shape index (κ2) is 8.17. The number of halogens is 4. The molecule has 0 saturated carbocycles. The van der Waals surface area contributed by atoms with Gasteiger partial charge in [-0.1, -0.05) is 48.0 Å². The Morgan fingerprint density at radius 1 is 1.18 bits per heavy atom. The quantitative estimate of drug-likeness (QED) is 0.519. The van der Waals surface area contributed by atoms with Crippen molar-refractivity contribution in [3.05, 3.63) is 64.7 Å². The van der Waals surface area contributed by atoms with Crippen molar-refractivity contribution >= 4 is 23.7 Å². The Bertz CT molecular complexity index is 1020. The second-order valence-electron chi connectivity index (χ2n) is 5.50. The molecule has 3 aromatic rings. The van der Waals surface area contributed by atoms with Crippen LogP contribution >= 0.6 is 11.6 Å². The van der Waals surface area contributed by atoms with E-state index >= 15 is 0 Å². The molecule has 0 aliphatic rings. The fourth-order valence-electron chi connectivity index (χ4n) is 2.26. The average Bonchev–Trinajstić information content (AvgIpc) is 3.11. The topological polar surface area (TPSA) is 85.1 Å². The number of amides is 1. The van der Waals surface area contributed by atoms with Crippen LogP contribution in [-0.4, -0.2) is 32.3 Å². The van der Waals surface area contributed by atoms with E-state index in [1.165, 1.54) is 24.4 Å².